The van der Waals surface area contributed by atoms with Gasteiger partial charge in [0.2, 0.25) is 0 Å². The number of methoxy groups -OCH3 is 2. The van der Waals surface area contributed by atoms with Crippen LogP contribution in [-0.2, 0) is 9.47 Å². The Bertz CT molecular complexity index is 1850. The monoisotopic (exact) mass is 548 g/mol. The van der Waals surface area contributed by atoms with Gasteiger partial charge in [0.15, 0.2) is 0 Å². The summed E-state index contributed by atoms with van der Waals surface area (Å²) in [5.74, 6) is -1.37. The summed E-state index contributed by atoms with van der Waals surface area (Å²) >= 11 is 0. The van der Waals surface area contributed by atoms with E-state index in [0.29, 0.717) is 39.3 Å². The maximum Gasteiger partial charge on any atom is 0.343 e. The molecule has 8 heteroatoms. The summed E-state index contributed by atoms with van der Waals surface area (Å²) in [5, 5.41) is 3.10. The van der Waals surface area contributed by atoms with Crippen LogP contribution in [0.1, 0.15) is 47.0 Å². The fourth-order valence-corrected chi connectivity index (χ4v) is 4.36. The number of hydrogen-bond donors (Lipinski definition) is 0. The molecule has 0 fully saturated rings. The number of benzene rings is 5. The molecule has 0 aliphatic heterocycles. The number of aryl methyl sites for hydroxylation is 1. The number of carbonyl (C=O) groups is 4. The van der Waals surface area contributed by atoms with Crippen molar-refractivity contribution in [3.8, 4) is 11.5 Å². The lowest BCUT2D eigenvalue weighted by Crippen LogP contribution is -2.10. The quantitative estimate of drug-likeness (QED) is 0.180. The highest BCUT2D eigenvalue weighted by molar-refractivity contribution is 6.00. The molecule has 0 amide bonds. The van der Waals surface area contributed by atoms with E-state index in [1.54, 1.807) is 97.9 Å². The van der Waals surface area contributed by atoms with Gasteiger partial charge in [0.25, 0.3) is 0 Å². The molecular weight excluding hydrogens is 524 g/mol. The van der Waals surface area contributed by atoms with Gasteiger partial charge >= 0.3 is 23.9 Å². The van der Waals surface area contributed by atoms with Gasteiger partial charge in [-0.3, -0.25) is 0 Å². The maximum absolute atomic E-state index is 12.9. The van der Waals surface area contributed by atoms with Gasteiger partial charge in [-0.25, -0.2) is 19.2 Å². The molecule has 0 aliphatic rings. The van der Waals surface area contributed by atoms with E-state index in [0.717, 1.165) is 21.5 Å². The summed E-state index contributed by atoms with van der Waals surface area (Å²) in [5.41, 5.74) is 2.11. The Balaban J connectivity index is 1.27. The van der Waals surface area contributed by atoms with Crippen molar-refractivity contribution >= 4 is 45.4 Å². The van der Waals surface area contributed by atoms with Crippen LogP contribution < -0.4 is 9.47 Å². The van der Waals surface area contributed by atoms with Crippen LogP contribution in [0.2, 0.25) is 0 Å². The van der Waals surface area contributed by atoms with Crippen LogP contribution in [0.4, 0.5) is 0 Å². The molecule has 0 saturated carbocycles. The first kappa shape index (κ1) is 27.1. The van der Waals surface area contributed by atoms with Crippen LogP contribution in [0.5, 0.6) is 11.5 Å². The Morgan fingerprint density at radius 2 is 0.854 bits per heavy atom. The Kier molecular flexibility index (Phi) is 7.47. The topological polar surface area (TPSA) is 105 Å². The van der Waals surface area contributed by atoms with Crippen LogP contribution in [0.15, 0.2) is 91.0 Å². The lowest BCUT2D eigenvalue weighted by Gasteiger charge is -2.11. The van der Waals surface area contributed by atoms with Crippen molar-refractivity contribution in [2.24, 2.45) is 0 Å². The summed E-state index contributed by atoms with van der Waals surface area (Å²) < 4.78 is 20.7. The molecule has 41 heavy (non-hydrogen) atoms. The third-order valence-electron chi connectivity index (χ3n) is 6.55. The van der Waals surface area contributed by atoms with Crippen molar-refractivity contribution in [2.75, 3.05) is 14.2 Å². The van der Waals surface area contributed by atoms with Gasteiger partial charge in [0.05, 0.1) is 36.5 Å². The van der Waals surface area contributed by atoms with E-state index < -0.39 is 23.9 Å². The zero-order chi connectivity index (χ0) is 29.1. The van der Waals surface area contributed by atoms with Crippen LogP contribution in [0, 0.1) is 6.92 Å². The number of ether oxygens (including phenoxy) is 4. The predicted octanol–water partition coefficient (Wildman–Crippen LogP) is 6.31. The van der Waals surface area contributed by atoms with Gasteiger partial charge in [-0.05, 0) is 101 Å². The van der Waals surface area contributed by atoms with Crippen molar-refractivity contribution < 1.29 is 38.1 Å². The molecule has 0 heterocycles. The Hall–Kier alpha value is -5.50. The van der Waals surface area contributed by atoms with Crippen LogP contribution in [0.25, 0.3) is 21.5 Å². The second-order valence-electron chi connectivity index (χ2n) is 9.24. The molecule has 204 valence electrons. The first-order valence-corrected chi connectivity index (χ1v) is 12.5. The van der Waals surface area contributed by atoms with E-state index in [-0.39, 0.29) is 0 Å². The highest BCUT2D eigenvalue weighted by Gasteiger charge is 2.15. The Labute approximate surface area is 235 Å². The third kappa shape index (κ3) is 5.77. The summed E-state index contributed by atoms with van der Waals surface area (Å²) in [7, 11) is 2.64. The molecule has 5 aromatic carbocycles. The van der Waals surface area contributed by atoms with Gasteiger partial charge in [-0.2, -0.15) is 0 Å². The lowest BCUT2D eigenvalue weighted by molar-refractivity contribution is 0.0592. The van der Waals surface area contributed by atoms with Gasteiger partial charge in [0.1, 0.15) is 11.5 Å². The zero-order valence-corrected chi connectivity index (χ0v) is 22.4. The standard InChI is InChI=1S/C33H24O8/c1-19-14-28(40-32(36)26-10-6-20-15-24(30(34)38-2)8-4-22(20)17-26)12-13-29(19)41-33(37)27-11-7-21-16-25(31(35)39-3)9-5-23(21)18-27/h4-18H,1-3H3. The number of rotatable bonds is 6. The Morgan fingerprint density at radius 3 is 1.24 bits per heavy atom. The summed E-state index contributed by atoms with van der Waals surface area (Å²) in [4.78, 5) is 49.2. The highest BCUT2D eigenvalue weighted by atomic mass is 16.5. The van der Waals surface area contributed by atoms with Crippen molar-refractivity contribution in [3.63, 3.8) is 0 Å². The van der Waals surface area contributed by atoms with Crippen molar-refractivity contribution in [3.05, 3.63) is 119 Å². The lowest BCUT2D eigenvalue weighted by atomic mass is 10.0. The van der Waals surface area contributed by atoms with Gasteiger partial charge in [-0.15, -0.1) is 0 Å². The smallest absolute Gasteiger partial charge is 0.343 e. The fraction of sp³-hybridized carbons (Fsp3) is 0.0909. The van der Waals surface area contributed by atoms with E-state index in [4.69, 9.17) is 18.9 Å². The molecule has 0 N–H and O–H groups in total. The summed E-state index contributed by atoms with van der Waals surface area (Å²) in [6.07, 6.45) is 0. The first-order chi connectivity index (χ1) is 19.7. The average Bonchev–Trinajstić information content (AvgIpc) is 3.00. The van der Waals surface area contributed by atoms with Crippen LogP contribution in [0.3, 0.4) is 0 Å². The summed E-state index contributed by atoms with van der Waals surface area (Å²) in [6.45, 7) is 1.74. The van der Waals surface area contributed by atoms with Crippen molar-refractivity contribution in [1.82, 2.24) is 0 Å². The van der Waals surface area contributed by atoms with E-state index >= 15 is 0 Å². The van der Waals surface area contributed by atoms with E-state index in [1.165, 1.54) is 14.2 Å². The van der Waals surface area contributed by atoms with Gasteiger partial charge < -0.3 is 18.9 Å². The molecule has 0 spiro atoms. The minimum absolute atomic E-state index is 0.292. The molecule has 0 aliphatic carbocycles. The van der Waals surface area contributed by atoms with E-state index in [2.05, 4.69) is 0 Å². The number of esters is 4. The second-order valence-corrected chi connectivity index (χ2v) is 9.24. The SMILES string of the molecule is COC(=O)c1ccc2cc(C(=O)Oc3ccc(OC(=O)c4ccc5cc(C(=O)OC)ccc5c4)c(C)c3)ccc2c1. The highest BCUT2D eigenvalue weighted by Crippen LogP contribution is 2.27. The van der Waals surface area contributed by atoms with Crippen molar-refractivity contribution in [2.45, 2.75) is 6.92 Å². The molecule has 0 bridgehead atoms. The number of hydrogen-bond acceptors (Lipinski definition) is 8. The molecule has 0 saturated heterocycles. The summed E-state index contributed by atoms with van der Waals surface area (Å²) in [6, 6.07) is 24.9. The normalized spacial score (nSPS) is 10.7. The largest absolute Gasteiger partial charge is 0.465 e. The van der Waals surface area contributed by atoms with E-state index in [1.807, 2.05) is 0 Å². The Morgan fingerprint density at radius 1 is 0.463 bits per heavy atom. The zero-order valence-electron chi connectivity index (χ0n) is 22.4. The molecule has 0 atom stereocenters. The third-order valence-corrected chi connectivity index (χ3v) is 6.55. The molecule has 0 aromatic heterocycles. The van der Waals surface area contributed by atoms with E-state index in [9.17, 15) is 19.2 Å². The predicted molar refractivity (Wildman–Crippen MR) is 152 cm³/mol. The second kappa shape index (κ2) is 11.3. The number of fused-ring (bicyclic) bond motifs is 2. The van der Waals surface area contributed by atoms with Crippen LogP contribution >= 0.6 is 0 Å². The fourth-order valence-electron chi connectivity index (χ4n) is 4.36. The first-order valence-electron chi connectivity index (χ1n) is 12.5. The van der Waals surface area contributed by atoms with Crippen molar-refractivity contribution in [1.29, 1.82) is 0 Å². The van der Waals surface area contributed by atoms with Crippen LogP contribution in [-0.4, -0.2) is 38.1 Å². The molecule has 0 radical (unpaired) electrons. The molecule has 5 aromatic rings. The minimum atomic E-state index is -0.556. The molecular formula is C33H24O8. The minimum Gasteiger partial charge on any atom is -0.465 e. The number of carbonyl (C=O) groups excluding carboxylic acids is 4. The molecule has 5 rings (SSSR count). The average molecular weight is 549 g/mol. The molecule has 8 nitrogen and oxygen atoms in total. The maximum atomic E-state index is 12.9. The van der Waals surface area contributed by atoms with Gasteiger partial charge in [-0.1, -0.05) is 24.3 Å². The van der Waals surface area contributed by atoms with Gasteiger partial charge in [0, 0.05) is 0 Å². The molecule has 0 unspecified atom stereocenters.